The van der Waals surface area contributed by atoms with Gasteiger partial charge in [0.05, 0.1) is 16.5 Å². The predicted octanol–water partition coefficient (Wildman–Crippen LogP) is 3.63. The zero-order chi connectivity index (χ0) is 20.9. The number of aromatic nitrogens is 1. The van der Waals surface area contributed by atoms with E-state index in [1.165, 1.54) is 11.8 Å². The maximum Gasteiger partial charge on any atom is 0.238 e. The van der Waals surface area contributed by atoms with Gasteiger partial charge in [-0.1, -0.05) is 33.2 Å². The summed E-state index contributed by atoms with van der Waals surface area (Å²) in [4.78, 5) is 25.0. The van der Waals surface area contributed by atoms with Crippen molar-refractivity contribution < 1.29 is 18.8 Å². The Morgan fingerprint density at radius 3 is 2.72 bits per heavy atom. The van der Waals surface area contributed by atoms with Crippen molar-refractivity contribution in [3.8, 4) is 0 Å². The number of carbonyl (C=O) groups is 2. The number of carbonyl (C=O) groups excluding carboxylic acids is 2. The Balaban J connectivity index is 1.58. The number of nitrogens with one attached hydrogen (secondary N) is 2. The standard InChI is InChI=1S/C20H24BrN3O4S/c1-13-10-17(24-28-13)22-19(26)14(2)29-12-18(25)23-20(6-8-27-9-7-20)15-4-3-5-16(21)11-15/h3-5,10-11,14H,6-9,12H2,1-2H3,(H,23,25)(H,22,24,26). The average molecular weight is 482 g/mol. The molecule has 0 bridgehead atoms. The third-order valence-corrected chi connectivity index (χ3v) is 6.45. The van der Waals surface area contributed by atoms with Crippen LogP contribution in [0.15, 0.2) is 39.3 Å². The summed E-state index contributed by atoms with van der Waals surface area (Å²) in [5.41, 5.74) is 0.601. The number of rotatable bonds is 7. The second-order valence-corrected chi connectivity index (χ2v) is 9.26. The van der Waals surface area contributed by atoms with Gasteiger partial charge in [0.2, 0.25) is 11.8 Å². The van der Waals surface area contributed by atoms with E-state index in [-0.39, 0.29) is 17.6 Å². The molecule has 156 valence electrons. The lowest BCUT2D eigenvalue weighted by Gasteiger charge is -2.38. The third-order valence-electron chi connectivity index (χ3n) is 4.82. The molecule has 2 amide bonds. The van der Waals surface area contributed by atoms with Crippen LogP contribution in [0.1, 0.15) is 31.1 Å². The number of ether oxygens (including phenoxy) is 1. The topological polar surface area (TPSA) is 93.5 Å². The fourth-order valence-electron chi connectivity index (χ4n) is 3.22. The number of nitrogens with zero attached hydrogens (tertiary/aromatic N) is 1. The van der Waals surface area contributed by atoms with Gasteiger partial charge in [-0.3, -0.25) is 9.59 Å². The van der Waals surface area contributed by atoms with Gasteiger partial charge in [0.25, 0.3) is 0 Å². The van der Waals surface area contributed by atoms with E-state index in [0.29, 0.717) is 37.6 Å². The number of hydrogen-bond acceptors (Lipinski definition) is 6. The van der Waals surface area contributed by atoms with Crippen molar-refractivity contribution in [1.29, 1.82) is 0 Å². The number of anilines is 1. The van der Waals surface area contributed by atoms with Crippen molar-refractivity contribution in [3.05, 3.63) is 46.1 Å². The van der Waals surface area contributed by atoms with Gasteiger partial charge in [-0.05, 0) is 44.4 Å². The summed E-state index contributed by atoms with van der Waals surface area (Å²) < 4.78 is 11.4. The molecule has 1 fully saturated rings. The molecular formula is C20H24BrN3O4S. The van der Waals surface area contributed by atoms with Crippen LogP contribution in [0.25, 0.3) is 0 Å². The number of benzene rings is 1. The molecule has 1 aliphatic rings. The summed E-state index contributed by atoms with van der Waals surface area (Å²) in [6.07, 6.45) is 1.42. The van der Waals surface area contributed by atoms with Crippen LogP contribution in [0.4, 0.5) is 5.82 Å². The Hall–Kier alpha value is -1.84. The van der Waals surface area contributed by atoms with E-state index in [1.54, 1.807) is 19.9 Å². The maximum absolute atomic E-state index is 12.7. The average Bonchev–Trinajstić information content (AvgIpc) is 3.11. The van der Waals surface area contributed by atoms with E-state index in [2.05, 4.69) is 31.7 Å². The molecule has 1 aromatic carbocycles. The Morgan fingerprint density at radius 1 is 1.31 bits per heavy atom. The number of aryl methyl sites for hydroxylation is 1. The zero-order valence-electron chi connectivity index (χ0n) is 16.4. The van der Waals surface area contributed by atoms with Crippen LogP contribution in [0.3, 0.4) is 0 Å². The van der Waals surface area contributed by atoms with E-state index < -0.39 is 10.8 Å². The molecular weight excluding hydrogens is 458 g/mol. The van der Waals surface area contributed by atoms with Gasteiger partial charge < -0.3 is 19.9 Å². The second kappa shape index (κ2) is 9.77. The van der Waals surface area contributed by atoms with Crippen molar-refractivity contribution in [2.24, 2.45) is 0 Å². The Bertz CT molecular complexity index is 867. The molecule has 2 aromatic rings. The van der Waals surface area contributed by atoms with Gasteiger partial charge in [-0.2, -0.15) is 0 Å². The predicted molar refractivity (Wildman–Crippen MR) is 116 cm³/mol. The smallest absolute Gasteiger partial charge is 0.238 e. The lowest BCUT2D eigenvalue weighted by Crippen LogP contribution is -2.50. The summed E-state index contributed by atoms with van der Waals surface area (Å²) in [5, 5.41) is 9.23. The molecule has 1 saturated heterocycles. The van der Waals surface area contributed by atoms with Crippen molar-refractivity contribution in [2.45, 2.75) is 37.5 Å². The summed E-state index contributed by atoms with van der Waals surface area (Å²) in [6, 6.07) is 9.64. The minimum Gasteiger partial charge on any atom is -0.381 e. The monoisotopic (exact) mass is 481 g/mol. The first-order valence-corrected chi connectivity index (χ1v) is 11.2. The Morgan fingerprint density at radius 2 is 2.07 bits per heavy atom. The fourth-order valence-corrected chi connectivity index (χ4v) is 4.31. The molecule has 1 aromatic heterocycles. The van der Waals surface area contributed by atoms with Gasteiger partial charge in [0.1, 0.15) is 5.76 Å². The molecule has 29 heavy (non-hydrogen) atoms. The Kier molecular flexibility index (Phi) is 7.37. The van der Waals surface area contributed by atoms with Crippen LogP contribution in [0.5, 0.6) is 0 Å². The highest BCUT2D eigenvalue weighted by molar-refractivity contribution is 9.10. The van der Waals surface area contributed by atoms with E-state index >= 15 is 0 Å². The highest BCUT2D eigenvalue weighted by atomic mass is 79.9. The van der Waals surface area contributed by atoms with Gasteiger partial charge in [0.15, 0.2) is 5.82 Å². The molecule has 3 rings (SSSR count). The molecule has 9 heteroatoms. The molecule has 1 aliphatic heterocycles. The van der Waals surface area contributed by atoms with Crippen molar-refractivity contribution in [3.63, 3.8) is 0 Å². The van der Waals surface area contributed by atoms with E-state index in [4.69, 9.17) is 9.26 Å². The lowest BCUT2D eigenvalue weighted by atomic mass is 9.82. The lowest BCUT2D eigenvalue weighted by molar-refractivity contribution is -0.122. The molecule has 2 N–H and O–H groups in total. The van der Waals surface area contributed by atoms with E-state index in [1.807, 2.05) is 24.3 Å². The molecule has 1 unspecified atom stereocenters. The van der Waals surface area contributed by atoms with Crippen molar-refractivity contribution >= 4 is 45.3 Å². The quantitative estimate of drug-likeness (QED) is 0.626. The van der Waals surface area contributed by atoms with Gasteiger partial charge >= 0.3 is 0 Å². The first-order valence-electron chi connectivity index (χ1n) is 9.38. The fraction of sp³-hybridized carbons (Fsp3) is 0.450. The van der Waals surface area contributed by atoms with Crippen molar-refractivity contribution in [2.75, 3.05) is 24.3 Å². The number of thioether (sulfide) groups is 1. The summed E-state index contributed by atoms with van der Waals surface area (Å²) in [7, 11) is 0. The van der Waals surface area contributed by atoms with Gasteiger partial charge in [0, 0.05) is 23.8 Å². The van der Waals surface area contributed by atoms with Crippen LogP contribution in [-0.2, 0) is 19.9 Å². The SMILES string of the molecule is Cc1cc(NC(=O)C(C)SCC(=O)NC2(c3cccc(Br)c3)CCOCC2)no1. The first-order chi connectivity index (χ1) is 13.9. The Labute approximate surface area is 182 Å². The molecule has 0 aliphatic carbocycles. The molecule has 2 heterocycles. The second-order valence-electron chi connectivity index (χ2n) is 7.02. The minimum atomic E-state index is -0.455. The van der Waals surface area contributed by atoms with Gasteiger partial charge in [-0.25, -0.2) is 0 Å². The summed E-state index contributed by atoms with van der Waals surface area (Å²) >= 11 is 4.79. The number of amides is 2. The molecule has 0 radical (unpaired) electrons. The molecule has 0 spiro atoms. The van der Waals surface area contributed by atoms with Crippen LogP contribution in [0.2, 0.25) is 0 Å². The van der Waals surface area contributed by atoms with Crippen LogP contribution in [0, 0.1) is 6.92 Å². The van der Waals surface area contributed by atoms with E-state index in [0.717, 1.165) is 10.0 Å². The van der Waals surface area contributed by atoms with Crippen LogP contribution >= 0.6 is 27.7 Å². The minimum absolute atomic E-state index is 0.103. The largest absolute Gasteiger partial charge is 0.381 e. The highest BCUT2D eigenvalue weighted by Crippen LogP contribution is 2.33. The van der Waals surface area contributed by atoms with E-state index in [9.17, 15) is 9.59 Å². The number of hydrogen-bond donors (Lipinski definition) is 2. The van der Waals surface area contributed by atoms with Crippen LogP contribution < -0.4 is 10.6 Å². The van der Waals surface area contributed by atoms with Gasteiger partial charge in [-0.15, -0.1) is 11.8 Å². The first kappa shape index (κ1) is 21.9. The molecule has 7 nitrogen and oxygen atoms in total. The zero-order valence-corrected chi connectivity index (χ0v) is 18.8. The summed E-state index contributed by atoms with van der Waals surface area (Å²) in [6.45, 7) is 4.70. The molecule has 1 atom stereocenters. The van der Waals surface area contributed by atoms with Crippen molar-refractivity contribution in [1.82, 2.24) is 10.5 Å². The number of halogens is 1. The maximum atomic E-state index is 12.7. The normalized spacial score (nSPS) is 16.8. The summed E-state index contributed by atoms with van der Waals surface area (Å²) in [5.74, 6) is 0.857. The highest BCUT2D eigenvalue weighted by Gasteiger charge is 2.36. The van der Waals surface area contributed by atoms with Crippen LogP contribution in [-0.4, -0.2) is 41.2 Å². The third kappa shape index (κ3) is 5.83. The molecule has 0 saturated carbocycles.